The largest absolute Gasteiger partial charge is 0.394 e. The Morgan fingerprint density at radius 1 is 1.41 bits per heavy atom. The first-order valence-electron chi connectivity index (χ1n) is 6.41. The Morgan fingerprint density at radius 3 is 2.77 bits per heavy atom. The van der Waals surface area contributed by atoms with Crippen LogP contribution in [0.4, 0.5) is 5.82 Å². The molecule has 0 saturated carbocycles. The van der Waals surface area contributed by atoms with E-state index in [1.165, 1.54) is 12.4 Å². The van der Waals surface area contributed by atoms with Gasteiger partial charge >= 0.3 is 5.69 Å². The summed E-state index contributed by atoms with van der Waals surface area (Å²) in [6.07, 6.45) is -2.15. The summed E-state index contributed by atoms with van der Waals surface area (Å²) in [7, 11) is 0. The number of nitrogens with one attached hydrogen (secondary N) is 1. The Bertz CT molecular complexity index is 716. The molecular weight excluding hydrogens is 296 g/mol. The molecule has 0 bridgehead atoms. The molecule has 1 fully saturated rings. The van der Waals surface area contributed by atoms with Crippen LogP contribution in [0.3, 0.4) is 0 Å². The van der Waals surface area contributed by atoms with Crippen LogP contribution >= 0.6 is 0 Å². The van der Waals surface area contributed by atoms with Gasteiger partial charge in [0.05, 0.1) is 18.4 Å². The maximum Gasteiger partial charge on any atom is 0.351 e. The summed E-state index contributed by atoms with van der Waals surface area (Å²) in [6, 6.07) is 0. The van der Waals surface area contributed by atoms with Gasteiger partial charge in [-0.1, -0.05) is 5.21 Å². The highest BCUT2D eigenvalue weighted by Crippen LogP contribution is 2.29. The van der Waals surface area contributed by atoms with Crippen molar-refractivity contribution in [2.24, 2.45) is 0 Å². The number of ether oxygens (including phenoxy) is 1. The maximum absolute atomic E-state index is 12.0. The number of aromatic amines is 1. The molecule has 11 heteroatoms. The number of nitrogens with two attached hydrogens (primary N) is 1. The molecule has 0 radical (unpaired) electrons. The van der Waals surface area contributed by atoms with Crippen LogP contribution in [0, 0.1) is 0 Å². The predicted octanol–water partition coefficient (Wildman–Crippen LogP) is -2.78. The van der Waals surface area contributed by atoms with Crippen molar-refractivity contribution in [3.05, 3.63) is 22.9 Å². The summed E-state index contributed by atoms with van der Waals surface area (Å²) in [5.41, 5.74) is 5.60. The second-order valence-electron chi connectivity index (χ2n) is 4.82. The average Bonchev–Trinajstić information content (AvgIpc) is 3.10. The molecule has 0 aliphatic carbocycles. The SMILES string of the molecule is Nc1nc(=O)n([C@@H]2O[C@H](CO)C(O)[C@@H]2O)cc1-c1c[nH]nn1. The molecule has 22 heavy (non-hydrogen) atoms. The highest BCUT2D eigenvalue weighted by Gasteiger charge is 2.44. The minimum absolute atomic E-state index is 0.0538. The number of aliphatic hydroxyl groups is 3. The number of aromatic nitrogens is 5. The van der Waals surface area contributed by atoms with Crippen molar-refractivity contribution >= 4 is 5.82 Å². The average molecular weight is 310 g/mol. The number of anilines is 1. The van der Waals surface area contributed by atoms with Crippen molar-refractivity contribution < 1.29 is 20.1 Å². The molecule has 118 valence electrons. The lowest BCUT2D eigenvalue weighted by Gasteiger charge is -2.18. The van der Waals surface area contributed by atoms with Crippen LogP contribution in [0.2, 0.25) is 0 Å². The fraction of sp³-hybridized carbons (Fsp3) is 0.455. The van der Waals surface area contributed by atoms with Gasteiger partial charge in [-0.25, -0.2) is 4.79 Å². The van der Waals surface area contributed by atoms with Gasteiger partial charge in [-0.3, -0.25) is 9.67 Å². The summed E-state index contributed by atoms with van der Waals surface area (Å²) in [5, 5.41) is 38.7. The van der Waals surface area contributed by atoms with Gasteiger partial charge in [0, 0.05) is 6.20 Å². The molecule has 2 aromatic heterocycles. The molecule has 2 aromatic rings. The molecule has 4 atom stereocenters. The molecule has 1 aliphatic heterocycles. The first kappa shape index (κ1) is 14.6. The van der Waals surface area contributed by atoms with Gasteiger partial charge in [-0.15, -0.1) is 5.10 Å². The lowest BCUT2D eigenvalue weighted by molar-refractivity contribution is -0.0548. The van der Waals surface area contributed by atoms with Crippen LogP contribution in [0.25, 0.3) is 11.3 Å². The molecule has 3 heterocycles. The number of aliphatic hydroxyl groups excluding tert-OH is 3. The van der Waals surface area contributed by atoms with E-state index in [0.29, 0.717) is 11.3 Å². The lowest BCUT2D eigenvalue weighted by atomic mass is 10.1. The van der Waals surface area contributed by atoms with E-state index in [4.69, 9.17) is 15.6 Å². The van der Waals surface area contributed by atoms with Crippen molar-refractivity contribution in [1.29, 1.82) is 0 Å². The second kappa shape index (κ2) is 5.46. The third-order valence-corrected chi connectivity index (χ3v) is 3.47. The van der Waals surface area contributed by atoms with Crippen LogP contribution in [-0.4, -0.2) is 65.2 Å². The van der Waals surface area contributed by atoms with Crippen molar-refractivity contribution in [3.63, 3.8) is 0 Å². The molecule has 3 rings (SSSR count). The minimum Gasteiger partial charge on any atom is -0.394 e. The topological polar surface area (TPSA) is 172 Å². The third-order valence-electron chi connectivity index (χ3n) is 3.47. The van der Waals surface area contributed by atoms with Crippen molar-refractivity contribution in [1.82, 2.24) is 25.0 Å². The van der Waals surface area contributed by atoms with Gasteiger partial charge in [-0.05, 0) is 0 Å². The van der Waals surface area contributed by atoms with E-state index in [1.807, 2.05) is 0 Å². The minimum atomic E-state index is -1.40. The van der Waals surface area contributed by atoms with Crippen LogP contribution in [0.15, 0.2) is 17.2 Å². The number of nitrogens with zero attached hydrogens (tertiary/aromatic N) is 4. The summed E-state index contributed by atoms with van der Waals surface area (Å²) < 4.78 is 6.29. The number of H-pyrrole nitrogens is 1. The van der Waals surface area contributed by atoms with Crippen molar-refractivity contribution in [3.8, 4) is 11.3 Å². The van der Waals surface area contributed by atoms with Crippen molar-refractivity contribution in [2.45, 2.75) is 24.5 Å². The first-order chi connectivity index (χ1) is 10.5. The van der Waals surface area contributed by atoms with E-state index in [-0.39, 0.29) is 5.82 Å². The Kier molecular flexibility index (Phi) is 3.62. The Balaban J connectivity index is 2.05. The second-order valence-corrected chi connectivity index (χ2v) is 4.82. The van der Waals surface area contributed by atoms with Crippen molar-refractivity contribution in [2.75, 3.05) is 12.3 Å². The quantitative estimate of drug-likeness (QED) is 0.402. The highest BCUT2D eigenvalue weighted by molar-refractivity contribution is 5.68. The highest BCUT2D eigenvalue weighted by atomic mass is 16.6. The summed E-state index contributed by atoms with van der Waals surface area (Å²) in [6.45, 7) is -0.498. The molecule has 11 nitrogen and oxygen atoms in total. The van der Waals surface area contributed by atoms with E-state index in [9.17, 15) is 15.0 Å². The van der Waals surface area contributed by atoms with E-state index in [2.05, 4.69) is 20.4 Å². The summed E-state index contributed by atoms with van der Waals surface area (Å²) >= 11 is 0. The van der Waals surface area contributed by atoms with E-state index in [0.717, 1.165) is 4.57 Å². The number of hydrogen-bond donors (Lipinski definition) is 5. The molecule has 0 aromatic carbocycles. The molecule has 1 saturated heterocycles. The standard InChI is InChI=1S/C11H14N6O5/c12-9-4(5-1-13-16-15-5)2-17(11(21)14-9)10-8(20)7(19)6(3-18)22-10/h1-2,6-8,10,18-20H,3H2,(H2,12,14,21)(H,13,15,16)/t6-,7?,8+,10-/m1/s1. The lowest BCUT2D eigenvalue weighted by Crippen LogP contribution is -2.36. The zero-order chi connectivity index (χ0) is 15.9. The van der Waals surface area contributed by atoms with Crippen LogP contribution in [0.5, 0.6) is 0 Å². The zero-order valence-corrected chi connectivity index (χ0v) is 11.2. The zero-order valence-electron chi connectivity index (χ0n) is 11.2. The van der Waals surface area contributed by atoms with Crippen LogP contribution in [0.1, 0.15) is 6.23 Å². The number of hydrogen-bond acceptors (Lipinski definition) is 9. The summed E-state index contributed by atoms with van der Waals surface area (Å²) in [5.74, 6) is -0.0538. The maximum atomic E-state index is 12.0. The molecule has 0 amide bonds. The normalized spacial score (nSPS) is 28.1. The van der Waals surface area contributed by atoms with Gasteiger partial charge in [0.15, 0.2) is 6.23 Å². The first-order valence-corrected chi connectivity index (χ1v) is 6.41. The Morgan fingerprint density at radius 2 is 2.18 bits per heavy atom. The summed E-state index contributed by atoms with van der Waals surface area (Å²) in [4.78, 5) is 15.6. The van der Waals surface area contributed by atoms with Gasteiger partial charge in [0.25, 0.3) is 0 Å². The number of rotatable bonds is 3. The number of nitrogen functional groups attached to an aromatic ring is 1. The fourth-order valence-electron chi connectivity index (χ4n) is 2.30. The smallest absolute Gasteiger partial charge is 0.351 e. The fourth-order valence-corrected chi connectivity index (χ4v) is 2.30. The molecule has 6 N–H and O–H groups in total. The van der Waals surface area contributed by atoms with Gasteiger partial charge in [0.1, 0.15) is 29.8 Å². The molecular formula is C11H14N6O5. The molecule has 1 aliphatic rings. The monoisotopic (exact) mass is 310 g/mol. The molecule has 1 unspecified atom stereocenters. The van der Waals surface area contributed by atoms with Crippen LogP contribution < -0.4 is 11.4 Å². The van der Waals surface area contributed by atoms with E-state index < -0.39 is 36.8 Å². The van der Waals surface area contributed by atoms with Gasteiger partial charge in [-0.2, -0.15) is 4.98 Å². The van der Waals surface area contributed by atoms with Gasteiger partial charge in [0.2, 0.25) is 0 Å². The third kappa shape index (κ3) is 2.25. The Hall–Kier alpha value is -2.34. The van der Waals surface area contributed by atoms with E-state index in [1.54, 1.807) is 0 Å². The van der Waals surface area contributed by atoms with Crippen LogP contribution in [-0.2, 0) is 4.74 Å². The predicted molar refractivity (Wildman–Crippen MR) is 71.3 cm³/mol. The molecule has 0 spiro atoms. The van der Waals surface area contributed by atoms with E-state index >= 15 is 0 Å². The van der Waals surface area contributed by atoms with Gasteiger partial charge < -0.3 is 25.8 Å². The Labute approximate surface area is 123 Å².